The summed E-state index contributed by atoms with van der Waals surface area (Å²) in [7, 11) is 0. The van der Waals surface area contributed by atoms with Crippen LogP contribution in [0.2, 0.25) is 0 Å². The Morgan fingerprint density at radius 3 is 2.92 bits per heavy atom. The van der Waals surface area contributed by atoms with Gasteiger partial charge in [0.2, 0.25) is 5.95 Å². The number of nitrogens with two attached hydrogens (primary N) is 1. The molecule has 0 unspecified atom stereocenters. The van der Waals surface area contributed by atoms with Crippen LogP contribution in [-0.2, 0) is 0 Å². The molecule has 0 aromatic carbocycles. The van der Waals surface area contributed by atoms with Crippen LogP contribution in [0.15, 0.2) is 10.7 Å². The molecular weight excluding hydrogens is 246 g/mol. The van der Waals surface area contributed by atoms with E-state index in [0.717, 1.165) is 0 Å². The topological polar surface area (TPSA) is 63.8 Å². The van der Waals surface area contributed by atoms with Crippen LogP contribution in [0.25, 0.3) is 0 Å². The highest BCUT2D eigenvalue weighted by Crippen LogP contribution is 2.19. The number of nitrogen functional groups attached to an aromatic ring is 1. The molecule has 0 fully saturated rings. The lowest BCUT2D eigenvalue weighted by Gasteiger charge is -2.06. The number of rotatable bonds is 3. The van der Waals surface area contributed by atoms with Gasteiger partial charge in [0.25, 0.3) is 6.43 Å². The molecule has 0 aliphatic heterocycles. The third kappa shape index (κ3) is 3.10. The maximum atomic E-state index is 11.8. The van der Waals surface area contributed by atoms with E-state index in [1.165, 1.54) is 6.20 Å². The van der Waals surface area contributed by atoms with Gasteiger partial charge in [0.15, 0.2) is 0 Å². The van der Waals surface area contributed by atoms with Crippen molar-refractivity contribution in [1.82, 2.24) is 9.97 Å². The number of aromatic nitrogens is 2. The van der Waals surface area contributed by atoms with Crippen LogP contribution in [0.4, 0.5) is 20.5 Å². The van der Waals surface area contributed by atoms with Gasteiger partial charge in [0, 0.05) is 6.20 Å². The van der Waals surface area contributed by atoms with Gasteiger partial charge in [-0.15, -0.1) is 0 Å². The SMILES string of the molecule is Nc1ncc(Br)c(NCC(F)F)n1. The fraction of sp³-hybridized carbons (Fsp3) is 0.333. The molecule has 0 aliphatic rings. The molecule has 1 heterocycles. The second-order valence-electron chi connectivity index (χ2n) is 2.20. The second-order valence-corrected chi connectivity index (χ2v) is 3.05. The molecule has 0 saturated carbocycles. The lowest BCUT2D eigenvalue weighted by molar-refractivity contribution is 0.163. The summed E-state index contributed by atoms with van der Waals surface area (Å²) < 4.78 is 24.1. The molecule has 0 aliphatic carbocycles. The molecule has 1 aromatic heterocycles. The number of hydrogen-bond donors (Lipinski definition) is 2. The molecular formula is C6H7BrF2N4. The van der Waals surface area contributed by atoms with E-state index < -0.39 is 13.0 Å². The van der Waals surface area contributed by atoms with Crippen molar-refractivity contribution in [3.05, 3.63) is 10.7 Å². The fourth-order valence-electron chi connectivity index (χ4n) is 0.679. The molecule has 4 nitrogen and oxygen atoms in total. The zero-order valence-corrected chi connectivity index (χ0v) is 8.05. The maximum Gasteiger partial charge on any atom is 0.255 e. The van der Waals surface area contributed by atoms with Gasteiger partial charge < -0.3 is 11.1 Å². The molecule has 72 valence electrons. The van der Waals surface area contributed by atoms with E-state index in [9.17, 15) is 8.78 Å². The predicted molar refractivity (Wildman–Crippen MR) is 48.6 cm³/mol. The third-order valence-electron chi connectivity index (χ3n) is 1.19. The standard InChI is InChI=1S/C6H7BrF2N4/c7-3-1-12-6(10)13-5(3)11-2-4(8)9/h1,4H,2H2,(H3,10,11,12,13). The summed E-state index contributed by atoms with van der Waals surface area (Å²) in [5.74, 6) is 0.313. The van der Waals surface area contributed by atoms with Gasteiger partial charge in [-0.3, -0.25) is 0 Å². The van der Waals surface area contributed by atoms with Crippen molar-refractivity contribution in [2.75, 3.05) is 17.6 Å². The Bertz CT molecular complexity index is 294. The van der Waals surface area contributed by atoms with Crippen LogP contribution < -0.4 is 11.1 Å². The minimum Gasteiger partial charge on any atom is -0.368 e. The van der Waals surface area contributed by atoms with Crippen LogP contribution in [0.3, 0.4) is 0 Å². The first kappa shape index (κ1) is 10.1. The number of halogens is 3. The molecule has 13 heavy (non-hydrogen) atoms. The molecule has 1 rings (SSSR count). The van der Waals surface area contributed by atoms with Crippen molar-refractivity contribution in [1.29, 1.82) is 0 Å². The lowest BCUT2D eigenvalue weighted by Crippen LogP contribution is -2.12. The predicted octanol–water partition coefficient (Wildman–Crippen LogP) is 1.50. The van der Waals surface area contributed by atoms with Crippen molar-refractivity contribution < 1.29 is 8.78 Å². The summed E-state index contributed by atoms with van der Waals surface area (Å²) >= 11 is 3.09. The van der Waals surface area contributed by atoms with Gasteiger partial charge in [0.1, 0.15) is 5.82 Å². The summed E-state index contributed by atoms with van der Waals surface area (Å²) in [6.07, 6.45) is -1.03. The number of hydrogen-bond acceptors (Lipinski definition) is 4. The van der Waals surface area contributed by atoms with Crippen molar-refractivity contribution in [2.45, 2.75) is 6.43 Å². The Labute approximate surface area is 81.7 Å². The van der Waals surface area contributed by atoms with Crippen LogP contribution in [0.1, 0.15) is 0 Å². The monoisotopic (exact) mass is 252 g/mol. The molecule has 1 aromatic rings. The first-order valence-electron chi connectivity index (χ1n) is 3.39. The summed E-state index contributed by atoms with van der Waals surface area (Å²) in [4.78, 5) is 7.38. The number of anilines is 2. The Morgan fingerprint density at radius 2 is 2.31 bits per heavy atom. The van der Waals surface area contributed by atoms with Crippen LogP contribution in [0.5, 0.6) is 0 Å². The summed E-state index contributed by atoms with van der Waals surface area (Å²) in [5.41, 5.74) is 5.26. The van der Waals surface area contributed by atoms with Crippen molar-refractivity contribution in [3.8, 4) is 0 Å². The fourth-order valence-corrected chi connectivity index (χ4v) is 1.01. The first-order chi connectivity index (χ1) is 6.09. The largest absolute Gasteiger partial charge is 0.368 e. The van der Waals surface area contributed by atoms with Crippen LogP contribution >= 0.6 is 15.9 Å². The lowest BCUT2D eigenvalue weighted by atomic mass is 10.5. The van der Waals surface area contributed by atoms with Gasteiger partial charge in [-0.05, 0) is 15.9 Å². The second kappa shape index (κ2) is 4.31. The van der Waals surface area contributed by atoms with E-state index in [1.54, 1.807) is 0 Å². The quantitative estimate of drug-likeness (QED) is 0.856. The Kier molecular flexibility index (Phi) is 3.35. The summed E-state index contributed by atoms with van der Waals surface area (Å²) in [6, 6.07) is 0. The van der Waals surface area contributed by atoms with Gasteiger partial charge in [-0.25, -0.2) is 13.8 Å². The normalized spacial score (nSPS) is 10.5. The van der Waals surface area contributed by atoms with Gasteiger partial charge in [-0.1, -0.05) is 0 Å². The zero-order chi connectivity index (χ0) is 9.84. The smallest absolute Gasteiger partial charge is 0.255 e. The van der Waals surface area contributed by atoms with E-state index in [0.29, 0.717) is 4.47 Å². The third-order valence-corrected chi connectivity index (χ3v) is 1.77. The highest BCUT2D eigenvalue weighted by molar-refractivity contribution is 9.10. The van der Waals surface area contributed by atoms with Crippen molar-refractivity contribution in [2.24, 2.45) is 0 Å². The minimum atomic E-state index is -2.43. The van der Waals surface area contributed by atoms with Gasteiger partial charge >= 0.3 is 0 Å². The molecule has 0 amide bonds. The van der Waals surface area contributed by atoms with E-state index in [1.807, 2.05) is 0 Å². The molecule has 0 radical (unpaired) electrons. The van der Waals surface area contributed by atoms with Crippen LogP contribution in [-0.4, -0.2) is 22.9 Å². The highest BCUT2D eigenvalue weighted by Gasteiger charge is 2.06. The molecule has 0 bridgehead atoms. The summed E-state index contributed by atoms with van der Waals surface area (Å²) in [6.45, 7) is -0.463. The maximum absolute atomic E-state index is 11.8. The highest BCUT2D eigenvalue weighted by atomic mass is 79.9. The number of nitrogens with zero attached hydrogens (tertiary/aromatic N) is 2. The van der Waals surface area contributed by atoms with E-state index in [4.69, 9.17) is 5.73 Å². The molecule has 0 spiro atoms. The number of alkyl halides is 2. The van der Waals surface area contributed by atoms with E-state index in [2.05, 4.69) is 31.2 Å². The molecule has 0 atom stereocenters. The molecule has 0 saturated heterocycles. The Morgan fingerprint density at radius 1 is 1.62 bits per heavy atom. The van der Waals surface area contributed by atoms with E-state index >= 15 is 0 Å². The van der Waals surface area contributed by atoms with Crippen molar-refractivity contribution in [3.63, 3.8) is 0 Å². The number of nitrogens with one attached hydrogen (secondary N) is 1. The van der Waals surface area contributed by atoms with Crippen molar-refractivity contribution >= 4 is 27.7 Å². The van der Waals surface area contributed by atoms with Gasteiger partial charge in [0.05, 0.1) is 11.0 Å². The molecule has 7 heteroatoms. The summed E-state index contributed by atoms with van der Waals surface area (Å²) in [5, 5.41) is 2.43. The zero-order valence-electron chi connectivity index (χ0n) is 6.47. The average molecular weight is 253 g/mol. The molecule has 3 N–H and O–H groups in total. The Hall–Kier alpha value is -0.980. The average Bonchev–Trinajstić information content (AvgIpc) is 2.06. The first-order valence-corrected chi connectivity index (χ1v) is 4.19. The van der Waals surface area contributed by atoms with E-state index in [-0.39, 0.29) is 11.8 Å². The minimum absolute atomic E-state index is 0.0416. The van der Waals surface area contributed by atoms with Gasteiger partial charge in [-0.2, -0.15) is 4.98 Å². The van der Waals surface area contributed by atoms with Crippen LogP contribution in [0, 0.1) is 0 Å². The Balaban J connectivity index is 2.70.